The first-order valence-electron chi connectivity index (χ1n) is 8.82. The summed E-state index contributed by atoms with van der Waals surface area (Å²) in [5.41, 5.74) is 2.59. The van der Waals surface area contributed by atoms with Gasteiger partial charge >= 0.3 is 0 Å². The van der Waals surface area contributed by atoms with Gasteiger partial charge < -0.3 is 10.6 Å². The SMILES string of the molecule is CC(=O)Nc1ccc(Cl)c(NC(=O)C=Cc2c(C)nn(-c3ccc(F)cc3)c2Cl)c1. The Morgan fingerprint density at radius 2 is 1.80 bits per heavy atom. The van der Waals surface area contributed by atoms with Crippen molar-refractivity contribution in [1.82, 2.24) is 9.78 Å². The first kappa shape index (κ1) is 21.5. The zero-order chi connectivity index (χ0) is 21.8. The molecular formula is C21H17Cl2FN4O2. The molecule has 1 heterocycles. The predicted molar refractivity (Wildman–Crippen MR) is 117 cm³/mol. The van der Waals surface area contributed by atoms with Crippen molar-refractivity contribution in [2.45, 2.75) is 13.8 Å². The molecule has 0 radical (unpaired) electrons. The molecular weight excluding hydrogens is 430 g/mol. The third-order valence-electron chi connectivity index (χ3n) is 4.07. The fourth-order valence-electron chi connectivity index (χ4n) is 2.69. The summed E-state index contributed by atoms with van der Waals surface area (Å²) >= 11 is 12.5. The quantitative estimate of drug-likeness (QED) is 0.526. The molecule has 154 valence electrons. The van der Waals surface area contributed by atoms with Crippen LogP contribution in [0.5, 0.6) is 0 Å². The Morgan fingerprint density at radius 3 is 2.47 bits per heavy atom. The van der Waals surface area contributed by atoms with E-state index in [9.17, 15) is 14.0 Å². The molecule has 6 nitrogen and oxygen atoms in total. The van der Waals surface area contributed by atoms with Crippen molar-refractivity contribution in [3.8, 4) is 5.69 Å². The average molecular weight is 447 g/mol. The minimum Gasteiger partial charge on any atom is -0.326 e. The van der Waals surface area contributed by atoms with E-state index in [1.807, 2.05) is 0 Å². The van der Waals surface area contributed by atoms with Crippen molar-refractivity contribution in [2.75, 3.05) is 10.6 Å². The lowest BCUT2D eigenvalue weighted by Gasteiger charge is -2.08. The van der Waals surface area contributed by atoms with Crippen molar-refractivity contribution >= 4 is 52.5 Å². The van der Waals surface area contributed by atoms with Crippen LogP contribution in [0.25, 0.3) is 11.8 Å². The van der Waals surface area contributed by atoms with E-state index >= 15 is 0 Å². The van der Waals surface area contributed by atoms with Gasteiger partial charge in [0.05, 0.1) is 22.1 Å². The number of benzene rings is 2. The number of nitrogens with zero attached hydrogens (tertiary/aromatic N) is 2. The van der Waals surface area contributed by atoms with E-state index in [1.54, 1.807) is 37.3 Å². The molecule has 0 atom stereocenters. The second-order valence-corrected chi connectivity index (χ2v) is 7.14. The standard InChI is InChI=1S/C21H17Cl2FN4O2/c1-12-17(21(23)28(27-12)16-6-3-14(24)4-7-16)8-10-20(30)26-19-11-15(25-13(2)29)5-9-18(19)22/h3-11H,1-2H3,(H,25,29)(H,26,30). The number of hydrogen-bond donors (Lipinski definition) is 2. The molecule has 1 aromatic heterocycles. The third-order valence-corrected chi connectivity index (χ3v) is 4.76. The number of anilines is 2. The first-order chi connectivity index (χ1) is 14.2. The molecule has 2 amide bonds. The van der Waals surface area contributed by atoms with Gasteiger partial charge in [-0.3, -0.25) is 9.59 Å². The van der Waals surface area contributed by atoms with E-state index < -0.39 is 5.91 Å². The van der Waals surface area contributed by atoms with Gasteiger partial charge in [0.25, 0.3) is 0 Å². The predicted octanol–water partition coefficient (Wildman–Crippen LogP) is 5.24. The van der Waals surface area contributed by atoms with E-state index in [-0.39, 0.29) is 16.9 Å². The highest BCUT2D eigenvalue weighted by Crippen LogP contribution is 2.27. The summed E-state index contributed by atoms with van der Waals surface area (Å²) in [5, 5.41) is 10.2. The zero-order valence-corrected chi connectivity index (χ0v) is 17.6. The number of aryl methyl sites for hydroxylation is 1. The largest absolute Gasteiger partial charge is 0.326 e. The van der Waals surface area contributed by atoms with Gasteiger partial charge in [-0.05, 0) is 55.5 Å². The summed E-state index contributed by atoms with van der Waals surface area (Å²) in [7, 11) is 0. The molecule has 0 fully saturated rings. The van der Waals surface area contributed by atoms with Crippen LogP contribution >= 0.6 is 23.2 Å². The van der Waals surface area contributed by atoms with E-state index in [0.717, 1.165) is 0 Å². The summed E-state index contributed by atoms with van der Waals surface area (Å²) in [6.45, 7) is 3.13. The number of aromatic nitrogens is 2. The van der Waals surface area contributed by atoms with E-state index in [1.165, 1.54) is 35.9 Å². The number of hydrogen-bond acceptors (Lipinski definition) is 3. The molecule has 0 unspecified atom stereocenters. The van der Waals surface area contributed by atoms with Crippen LogP contribution < -0.4 is 10.6 Å². The van der Waals surface area contributed by atoms with Gasteiger partial charge in [-0.1, -0.05) is 23.2 Å². The first-order valence-corrected chi connectivity index (χ1v) is 9.57. The maximum absolute atomic E-state index is 13.1. The lowest BCUT2D eigenvalue weighted by atomic mass is 10.2. The Morgan fingerprint density at radius 1 is 1.10 bits per heavy atom. The molecule has 3 rings (SSSR count). The summed E-state index contributed by atoms with van der Waals surface area (Å²) in [6.07, 6.45) is 2.83. The minimum absolute atomic E-state index is 0.238. The minimum atomic E-state index is -0.443. The smallest absolute Gasteiger partial charge is 0.248 e. The van der Waals surface area contributed by atoms with E-state index in [2.05, 4.69) is 15.7 Å². The lowest BCUT2D eigenvalue weighted by Crippen LogP contribution is -2.10. The molecule has 2 N–H and O–H groups in total. The van der Waals surface area contributed by atoms with Crippen molar-refractivity contribution < 1.29 is 14.0 Å². The topological polar surface area (TPSA) is 76.0 Å². The maximum atomic E-state index is 13.1. The number of halogens is 3. The van der Waals surface area contributed by atoms with E-state index in [4.69, 9.17) is 23.2 Å². The molecule has 2 aromatic carbocycles. The summed E-state index contributed by atoms with van der Waals surface area (Å²) < 4.78 is 14.6. The molecule has 0 bridgehead atoms. The van der Waals surface area contributed by atoms with Crippen LogP contribution in [-0.4, -0.2) is 21.6 Å². The molecule has 3 aromatic rings. The van der Waals surface area contributed by atoms with Crippen molar-refractivity contribution in [1.29, 1.82) is 0 Å². The second kappa shape index (κ2) is 9.11. The number of amides is 2. The van der Waals surface area contributed by atoms with Crippen LogP contribution in [0.3, 0.4) is 0 Å². The van der Waals surface area contributed by atoms with Gasteiger partial charge in [-0.2, -0.15) is 5.10 Å². The van der Waals surface area contributed by atoms with Gasteiger partial charge in [-0.15, -0.1) is 0 Å². The molecule has 0 spiro atoms. The average Bonchev–Trinajstić information content (AvgIpc) is 2.97. The van der Waals surface area contributed by atoms with Crippen molar-refractivity contribution in [2.24, 2.45) is 0 Å². The number of carbonyl (C=O) groups is 2. The van der Waals surface area contributed by atoms with Crippen LogP contribution in [-0.2, 0) is 9.59 Å². The Kier molecular flexibility index (Phi) is 6.54. The maximum Gasteiger partial charge on any atom is 0.248 e. The lowest BCUT2D eigenvalue weighted by molar-refractivity contribution is -0.114. The normalized spacial score (nSPS) is 11.0. The van der Waals surface area contributed by atoms with E-state index in [0.29, 0.717) is 33.3 Å². The van der Waals surface area contributed by atoms with Crippen molar-refractivity contribution in [3.05, 3.63) is 75.8 Å². The fraction of sp³-hybridized carbons (Fsp3) is 0.0952. The van der Waals surface area contributed by atoms with Gasteiger partial charge in [0.1, 0.15) is 11.0 Å². The van der Waals surface area contributed by atoms with Crippen LogP contribution in [0.15, 0.2) is 48.5 Å². The highest BCUT2D eigenvalue weighted by atomic mass is 35.5. The van der Waals surface area contributed by atoms with Crippen LogP contribution in [0.4, 0.5) is 15.8 Å². The molecule has 0 saturated carbocycles. The summed E-state index contributed by atoms with van der Waals surface area (Å²) in [4.78, 5) is 23.5. The Labute approximate surface area is 182 Å². The molecule has 0 saturated heterocycles. The highest BCUT2D eigenvalue weighted by Gasteiger charge is 2.13. The van der Waals surface area contributed by atoms with Crippen LogP contribution in [0, 0.1) is 12.7 Å². The number of rotatable bonds is 5. The highest BCUT2D eigenvalue weighted by molar-refractivity contribution is 6.34. The third kappa shape index (κ3) is 5.06. The number of nitrogens with one attached hydrogen (secondary N) is 2. The van der Waals surface area contributed by atoms with Crippen molar-refractivity contribution in [3.63, 3.8) is 0 Å². The van der Waals surface area contributed by atoms with Gasteiger partial charge in [-0.25, -0.2) is 9.07 Å². The Bertz CT molecular complexity index is 1140. The van der Waals surface area contributed by atoms with Crippen LogP contribution in [0.1, 0.15) is 18.2 Å². The summed E-state index contributed by atoms with van der Waals surface area (Å²) in [5.74, 6) is -1.04. The molecule has 0 aliphatic heterocycles. The van der Waals surface area contributed by atoms with Gasteiger partial charge in [0.2, 0.25) is 11.8 Å². The van der Waals surface area contributed by atoms with Crippen LogP contribution in [0.2, 0.25) is 10.2 Å². The van der Waals surface area contributed by atoms with Gasteiger partial charge in [0, 0.05) is 24.3 Å². The van der Waals surface area contributed by atoms with Gasteiger partial charge in [0.15, 0.2) is 0 Å². The Balaban J connectivity index is 1.79. The summed E-state index contributed by atoms with van der Waals surface area (Å²) in [6, 6.07) is 10.5. The molecule has 9 heteroatoms. The Hall–Kier alpha value is -3.16. The molecule has 30 heavy (non-hydrogen) atoms. The second-order valence-electron chi connectivity index (χ2n) is 6.38. The molecule has 0 aliphatic rings. The zero-order valence-electron chi connectivity index (χ0n) is 16.0. The number of carbonyl (C=O) groups excluding carboxylic acids is 2. The monoisotopic (exact) mass is 446 g/mol. The molecule has 0 aliphatic carbocycles. The fourth-order valence-corrected chi connectivity index (χ4v) is 3.19.